The van der Waals surface area contributed by atoms with Crippen LogP contribution in [0.3, 0.4) is 0 Å². The van der Waals surface area contributed by atoms with Crippen LogP contribution in [-0.4, -0.2) is 34.7 Å². The van der Waals surface area contributed by atoms with Crippen molar-refractivity contribution in [3.63, 3.8) is 0 Å². The fourth-order valence-corrected chi connectivity index (χ4v) is 4.07. The summed E-state index contributed by atoms with van der Waals surface area (Å²) in [5.74, 6) is -0.601. The van der Waals surface area contributed by atoms with Crippen LogP contribution in [0.2, 0.25) is 0 Å². The van der Waals surface area contributed by atoms with Gasteiger partial charge in [0.25, 0.3) is 5.91 Å². The van der Waals surface area contributed by atoms with Gasteiger partial charge in [0.2, 0.25) is 11.8 Å². The van der Waals surface area contributed by atoms with Crippen LogP contribution in [0.5, 0.6) is 0 Å². The van der Waals surface area contributed by atoms with Crippen molar-refractivity contribution < 1.29 is 14.4 Å². The van der Waals surface area contributed by atoms with Crippen LogP contribution in [0.1, 0.15) is 57.4 Å². The number of rotatable bonds is 3. The lowest BCUT2D eigenvalue weighted by molar-refractivity contribution is -0.139. The van der Waals surface area contributed by atoms with E-state index < -0.39 is 6.04 Å². The first-order chi connectivity index (χ1) is 12.0. The highest BCUT2D eigenvalue weighted by Gasteiger charge is 2.45. The van der Waals surface area contributed by atoms with E-state index in [1.54, 1.807) is 17.0 Å². The molecule has 5 heteroatoms. The third kappa shape index (κ3) is 3.60. The SMILES string of the molecule is CC(=O)N(C1CCCCCC1)C1CC(=O)N(c2ccc(C)cc2)C1=O. The Balaban J connectivity index is 1.85. The molecule has 1 aromatic carbocycles. The smallest absolute Gasteiger partial charge is 0.257 e. The van der Waals surface area contributed by atoms with E-state index in [1.807, 2.05) is 19.1 Å². The van der Waals surface area contributed by atoms with Crippen LogP contribution in [0.4, 0.5) is 5.69 Å². The fourth-order valence-electron chi connectivity index (χ4n) is 4.07. The Bertz CT molecular complexity index is 660. The summed E-state index contributed by atoms with van der Waals surface area (Å²) in [6.07, 6.45) is 6.42. The highest BCUT2D eigenvalue weighted by Crippen LogP contribution is 2.30. The zero-order chi connectivity index (χ0) is 18.0. The average molecular weight is 342 g/mol. The second-order valence-corrected chi connectivity index (χ2v) is 7.19. The number of aryl methyl sites for hydroxylation is 1. The Morgan fingerprint density at radius 3 is 2.20 bits per heavy atom. The minimum absolute atomic E-state index is 0.0692. The maximum atomic E-state index is 13.0. The number of benzene rings is 1. The van der Waals surface area contributed by atoms with Crippen LogP contribution >= 0.6 is 0 Å². The van der Waals surface area contributed by atoms with Crippen molar-refractivity contribution in [2.45, 2.75) is 70.9 Å². The van der Waals surface area contributed by atoms with E-state index in [0.29, 0.717) is 5.69 Å². The molecule has 2 fully saturated rings. The number of carbonyl (C=O) groups is 3. The van der Waals surface area contributed by atoms with Gasteiger partial charge < -0.3 is 4.90 Å². The van der Waals surface area contributed by atoms with E-state index in [9.17, 15) is 14.4 Å². The normalized spacial score (nSPS) is 22.2. The molecular formula is C20H26N2O3. The van der Waals surface area contributed by atoms with Gasteiger partial charge in [0.05, 0.1) is 12.1 Å². The molecular weight excluding hydrogens is 316 g/mol. The topological polar surface area (TPSA) is 57.7 Å². The molecule has 2 aliphatic rings. The lowest BCUT2D eigenvalue weighted by Crippen LogP contribution is -2.49. The van der Waals surface area contributed by atoms with Crippen LogP contribution in [-0.2, 0) is 14.4 Å². The quantitative estimate of drug-likeness (QED) is 0.626. The molecule has 1 aromatic rings. The van der Waals surface area contributed by atoms with E-state index in [-0.39, 0.29) is 30.2 Å². The molecule has 1 aliphatic carbocycles. The predicted octanol–water partition coefficient (Wildman–Crippen LogP) is 3.20. The summed E-state index contributed by atoms with van der Waals surface area (Å²) in [7, 11) is 0. The summed E-state index contributed by atoms with van der Waals surface area (Å²) in [4.78, 5) is 40.8. The van der Waals surface area contributed by atoms with Gasteiger partial charge >= 0.3 is 0 Å². The third-order valence-corrected chi connectivity index (χ3v) is 5.33. The molecule has 1 unspecified atom stereocenters. The second-order valence-electron chi connectivity index (χ2n) is 7.19. The van der Waals surface area contributed by atoms with E-state index >= 15 is 0 Å². The molecule has 5 nitrogen and oxygen atoms in total. The monoisotopic (exact) mass is 342 g/mol. The summed E-state index contributed by atoms with van der Waals surface area (Å²) < 4.78 is 0. The van der Waals surface area contributed by atoms with E-state index in [1.165, 1.54) is 24.7 Å². The average Bonchev–Trinajstić information content (AvgIpc) is 2.76. The maximum Gasteiger partial charge on any atom is 0.257 e. The highest BCUT2D eigenvalue weighted by molar-refractivity contribution is 6.23. The number of carbonyl (C=O) groups excluding carboxylic acids is 3. The molecule has 0 bridgehead atoms. The summed E-state index contributed by atoms with van der Waals surface area (Å²) in [6.45, 7) is 3.47. The molecule has 1 atom stereocenters. The minimum Gasteiger partial charge on any atom is -0.327 e. The van der Waals surface area contributed by atoms with Crippen molar-refractivity contribution in [1.82, 2.24) is 4.90 Å². The Kier molecular flexibility index (Phi) is 5.21. The molecule has 0 spiro atoms. The van der Waals surface area contributed by atoms with Crippen molar-refractivity contribution >= 4 is 23.4 Å². The first-order valence-electron chi connectivity index (χ1n) is 9.21. The van der Waals surface area contributed by atoms with E-state index in [0.717, 1.165) is 31.2 Å². The number of anilines is 1. The molecule has 3 rings (SSSR count). The molecule has 1 aliphatic heterocycles. The first kappa shape index (κ1) is 17.6. The number of hydrogen-bond acceptors (Lipinski definition) is 3. The van der Waals surface area contributed by atoms with Gasteiger partial charge in [-0.25, -0.2) is 4.90 Å². The van der Waals surface area contributed by atoms with Gasteiger partial charge in [-0.2, -0.15) is 0 Å². The van der Waals surface area contributed by atoms with Gasteiger partial charge in [-0.1, -0.05) is 43.4 Å². The van der Waals surface area contributed by atoms with Crippen molar-refractivity contribution in [1.29, 1.82) is 0 Å². The molecule has 1 saturated carbocycles. The van der Waals surface area contributed by atoms with Crippen LogP contribution in [0.25, 0.3) is 0 Å². The standard InChI is InChI=1S/C20H26N2O3/c1-14-9-11-17(12-10-14)22-19(24)13-18(20(22)25)21(15(2)23)16-7-5-3-4-6-8-16/h9-12,16,18H,3-8,13H2,1-2H3. The van der Waals surface area contributed by atoms with Gasteiger partial charge in [0.15, 0.2) is 0 Å². The largest absolute Gasteiger partial charge is 0.327 e. The maximum absolute atomic E-state index is 13.0. The molecule has 134 valence electrons. The minimum atomic E-state index is -0.658. The number of imide groups is 1. The second kappa shape index (κ2) is 7.38. The van der Waals surface area contributed by atoms with Gasteiger partial charge in [-0.05, 0) is 31.9 Å². The zero-order valence-corrected chi connectivity index (χ0v) is 15.0. The Morgan fingerprint density at radius 2 is 1.64 bits per heavy atom. The number of amides is 3. The van der Waals surface area contributed by atoms with Gasteiger partial charge in [0, 0.05) is 13.0 Å². The lowest BCUT2D eigenvalue weighted by atomic mass is 10.0. The van der Waals surface area contributed by atoms with Crippen molar-refractivity contribution in [2.75, 3.05) is 4.90 Å². The van der Waals surface area contributed by atoms with Crippen LogP contribution < -0.4 is 4.90 Å². The van der Waals surface area contributed by atoms with Gasteiger partial charge in [-0.3, -0.25) is 14.4 Å². The van der Waals surface area contributed by atoms with Crippen molar-refractivity contribution in [2.24, 2.45) is 0 Å². The molecule has 1 heterocycles. The lowest BCUT2D eigenvalue weighted by Gasteiger charge is -2.34. The van der Waals surface area contributed by atoms with Crippen molar-refractivity contribution in [3.05, 3.63) is 29.8 Å². The Morgan fingerprint density at radius 1 is 1.04 bits per heavy atom. The first-order valence-corrected chi connectivity index (χ1v) is 9.21. The Hall–Kier alpha value is -2.17. The molecule has 25 heavy (non-hydrogen) atoms. The van der Waals surface area contributed by atoms with E-state index in [4.69, 9.17) is 0 Å². The molecule has 0 radical (unpaired) electrons. The van der Waals surface area contributed by atoms with Crippen molar-refractivity contribution in [3.8, 4) is 0 Å². The number of nitrogens with zero attached hydrogens (tertiary/aromatic N) is 2. The molecule has 0 N–H and O–H groups in total. The predicted molar refractivity (Wildman–Crippen MR) is 96.1 cm³/mol. The molecule has 0 aromatic heterocycles. The number of hydrogen-bond donors (Lipinski definition) is 0. The van der Waals surface area contributed by atoms with Crippen LogP contribution in [0, 0.1) is 6.92 Å². The summed E-state index contributed by atoms with van der Waals surface area (Å²) >= 11 is 0. The molecule has 1 saturated heterocycles. The van der Waals surface area contributed by atoms with Gasteiger partial charge in [0.1, 0.15) is 6.04 Å². The summed E-state index contributed by atoms with van der Waals surface area (Å²) in [6, 6.07) is 6.76. The fraction of sp³-hybridized carbons (Fsp3) is 0.550. The third-order valence-electron chi connectivity index (χ3n) is 5.33. The molecule has 3 amide bonds. The highest BCUT2D eigenvalue weighted by atomic mass is 16.2. The van der Waals surface area contributed by atoms with E-state index in [2.05, 4.69) is 0 Å². The van der Waals surface area contributed by atoms with Gasteiger partial charge in [-0.15, -0.1) is 0 Å². The summed E-state index contributed by atoms with van der Waals surface area (Å²) in [5.41, 5.74) is 1.66. The zero-order valence-electron chi connectivity index (χ0n) is 15.0. The summed E-state index contributed by atoms with van der Waals surface area (Å²) in [5, 5.41) is 0. The Labute approximate surface area is 149 Å². The van der Waals surface area contributed by atoms with Crippen LogP contribution in [0.15, 0.2) is 24.3 Å².